The molecule has 0 aromatic carbocycles. The van der Waals surface area contributed by atoms with Gasteiger partial charge in [-0.05, 0) is 25.3 Å². The van der Waals surface area contributed by atoms with Crippen molar-refractivity contribution in [3.05, 3.63) is 23.6 Å². The van der Waals surface area contributed by atoms with Crippen LogP contribution >= 0.6 is 0 Å². The third kappa shape index (κ3) is 4.28. The molecule has 0 radical (unpaired) electrons. The van der Waals surface area contributed by atoms with Gasteiger partial charge >= 0.3 is 0 Å². The van der Waals surface area contributed by atoms with Gasteiger partial charge in [-0.2, -0.15) is 0 Å². The van der Waals surface area contributed by atoms with Gasteiger partial charge < -0.3 is 15.1 Å². The molecule has 0 fully saturated rings. The molecule has 0 saturated carbocycles. The van der Waals surface area contributed by atoms with Gasteiger partial charge in [-0.1, -0.05) is 0 Å². The van der Waals surface area contributed by atoms with Gasteiger partial charge in [-0.3, -0.25) is 0 Å². The van der Waals surface area contributed by atoms with Crippen LogP contribution in [0.15, 0.2) is 12.3 Å². The largest absolute Gasteiger partial charge is 0.396 e. The number of anilines is 1. The van der Waals surface area contributed by atoms with Crippen molar-refractivity contribution < 1.29 is 14.6 Å². The molecule has 4 nitrogen and oxygen atoms in total. The molecule has 1 rings (SSSR count). The maximum atomic E-state index is 12.9. The van der Waals surface area contributed by atoms with E-state index in [-0.39, 0.29) is 13.2 Å². The molecular weight excluding hydrogens is 223 g/mol. The highest BCUT2D eigenvalue weighted by Gasteiger charge is 2.09. The lowest BCUT2D eigenvalue weighted by atomic mass is 10.2. The average Bonchev–Trinajstić information content (AvgIpc) is 2.34. The molecule has 0 amide bonds. The number of hydrogen-bond acceptors (Lipinski definition) is 4. The third-order valence-corrected chi connectivity index (χ3v) is 2.59. The maximum absolute atomic E-state index is 12.9. The first kappa shape index (κ1) is 13.9. The van der Waals surface area contributed by atoms with E-state index in [1.807, 2.05) is 11.9 Å². The van der Waals surface area contributed by atoms with Crippen LogP contribution in [0.5, 0.6) is 0 Å². The topological polar surface area (TPSA) is 56.6 Å². The SMILES string of the molecule is CN(CCCCCO)c1ncc(F)cc1CO. The molecule has 96 valence electrons. The van der Waals surface area contributed by atoms with Crippen LogP contribution in [0.2, 0.25) is 0 Å². The first-order chi connectivity index (χ1) is 8.19. The number of pyridine rings is 1. The van der Waals surface area contributed by atoms with Crippen LogP contribution in [0.25, 0.3) is 0 Å². The van der Waals surface area contributed by atoms with Crippen LogP contribution in [0.3, 0.4) is 0 Å². The molecule has 2 N–H and O–H groups in total. The molecule has 0 bridgehead atoms. The summed E-state index contributed by atoms with van der Waals surface area (Å²) in [6.45, 7) is 0.757. The number of aliphatic hydroxyl groups excluding tert-OH is 2. The minimum absolute atomic E-state index is 0.209. The van der Waals surface area contributed by atoms with E-state index >= 15 is 0 Å². The Labute approximate surface area is 101 Å². The monoisotopic (exact) mass is 242 g/mol. The molecule has 0 unspecified atom stereocenters. The van der Waals surface area contributed by atoms with E-state index in [2.05, 4.69) is 4.98 Å². The van der Waals surface area contributed by atoms with Gasteiger partial charge in [0.2, 0.25) is 0 Å². The van der Waals surface area contributed by atoms with Crippen LogP contribution in [-0.4, -0.2) is 35.4 Å². The van der Waals surface area contributed by atoms with Crippen LogP contribution in [-0.2, 0) is 6.61 Å². The summed E-state index contributed by atoms with van der Waals surface area (Å²) in [7, 11) is 1.86. The maximum Gasteiger partial charge on any atom is 0.142 e. The second-order valence-corrected chi connectivity index (χ2v) is 4.00. The zero-order valence-electron chi connectivity index (χ0n) is 10.1. The van der Waals surface area contributed by atoms with Crippen molar-refractivity contribution in [2.75, 3.05) is 25.1 Å². The zero-order valence-corrected chi connectivity index (χ0v) is 10.1. The standard InChI is InChI=1S/C12H19FN2O2/c1-15(5-3-2-4-6-16)12-10(9-17)7-11(13)8-14-12/h7-8,16-17H,2-6,9H2,1H3. The lowest BCUT2D eigenvalue weighted by Crippen LogP contribution is -2.21. The summed E-state index contributed by atoms with van der Waals surface area (Å²) in [4.78, 5) is 5.88. The summed E-state index contributed by atoms with van der Waals surface area (Å²) in [5.74, 6) is 0.171. The van der Waals surface area contributed by atoms with Gasteiger partial charge in [0.05, 0.1) is 12.8 Å². The zero-order chi connectivity index (χ0) is 12.7. The quantitative estimate of drug-likeness (QED) is 0.708. The Hall–Kier alpha value is -1.20. The normalized spacial score (nSPS) is 10.6. The van der Waals surface area contributed by atoms with Gasteiger partial charge in [-0.25, -0.2) is 9.37 Å². The predicted molar refractivity (Wildman–Crippen MR) is 64.3 cm³/mol. The highest BCUT2D eigenvalue weighted by Crippen LogP contribution is 2.17. The van der Waals surface area contributed by atoms with Crippen molar-refractivity contribution in [1.82, 2.24) is 4.98 Å². The molecule has 0 aliphatic carbocycles. The van der Waals surface area contributed by atoms with E-state index in [9.17, 15) is 4.39 Å². The summed E-state index contributed by atoms with van der Waals surface area (Å²) >= 11 is 0. The van der Waals surface area contributed by atoms with E-state index in [1.165, 1.54) is 6.07 Å². The fraction of sp³-hybridized carbons (Fsp3) is 0.583. The number of unbranched alkanes of at least 4 members (excludes halogenated alkanes) is 2. The van der Waals surface area contributed by atoms with Crippen LogP contribution in [0.4, 0.5) is 10.2 Å². The van der Waals surface area contributed by atoms with Gasteiger partial charge in [0, 0.05) is 25.8 Å². The Balaban J connectivity index is 2.58. The number of aliphatic hydroxyl groups is 2. The lowest BCUT2D eigenvalue weighted by molar-refractivity contribution is 0.280. The van der Waals surface area contributed by atoms with Gasteiger partial charge in [0.25, 0.3) is 0 Å². The molecule has 1 aromatic heterocycles. The molecule has 1 heterocycles. The van der Waals surface area contributed by atoms with E-state index in [0.717, 1.165) is 32.0 Å². The van der Waals surface area contributed by atoms with Gasteiger partial charge in [0.15, 0.2) is 0 Å². The van der Waals surface area contributed by atoms with Crippen LogP contribution in [0, 0.1) is 5.82 Å². The molecular formula is C12H19FN2O2. The van der Waals surface area contributed by atoms with Gasteiger partial charge in [0.1, 0.15) is 11.6 Å². The number of hydrogen-bond donors (Lipinski definition) is 2. The predicted octanol–water partition coefficient (Wildman–Crippen LogP) is 1.31. The summed E-state index contributed by atoms with van der Waals surface area (Å²) in [6, 6.07) is 1.30. The van der Waals surface area contributed by atoms with Crippen LogP contribution < -0.4 is 4.90 Å². The highest BCUT2D eigenvalue weighted by molar-refractivity contribution is 5.45. The number of aromatic nitrogens is 1. The summed E-state index contributed by atoms with van der Waals surface area (Å²) in [5, 5.41) is 17.8. The Morgan fingerprint density at radius 1 is 1.29 bits per heavy atom. The Morgan fingerprint density at radius 2 is 2.06 bits per heavy atom. The minimum Gasteiger partial charge on any atom is -0.396 e. The second kappa shape index (κ2) is 7.19. The van der Waals surface area contributed by atoms with E-state index in [0.29, 0.717) is 11.4 Å². The van der Waals surface area contributed by atoms with Crippen molar-refractivity contribution >= 4 is 5.82 Å². The fourth-order valence-electron chi connectivity index (χ4n) is 1.68. The van der Waals surface area contributed by atoms with E-state index in [1.54, 1.807) is 0 Å². The smallest absolute Gasteiger partial charge is 0.142 e. The van der Waals surface area contributed by atoms with Crippen molar-refractivity contribution in [3.8, 4) is 0 Å². The Kier molecular flexibility index (Phi) is 5.86. The average molecular weight is 242 g/mol. The minimum atomic E-state index is -0.438. The van der Waals surface area contributed by atoms with E-state index in [4.69, 9.17) is 10.2 Å². The van der Waals surface area contributed by atoms with Crippen molar-refractivity contribution in [2.45, 2.75) is 25.9 Å². The highest BCUT2D eigenvalue weighted by atomic mass is 19.1. The van der Waals surface area contributed by atoms with Crippen molar-refractivity contribution in [2.24, 2.45) is 0 Å². The molecule has 0 spiro atoms. The summed E-state index contributed by atoms with van der Waals surface area (Å²) in [6.07, 6.45) is 3.81. The molecule has 5 heteroatoms. The van der Waals surface area contributed by atoms with Gasteiger partial charge in [-0.15, -0.1) is 0 Å². The molecule has 0 saturated heterocycles. The number of rotatable bonds is 7. The first-order valence-corrected chi connectivity index (χ1v) is 5.76. The second-order valence-electron chi connectivity index (χ2n) is 4.00. The van der Waals surface area contributed by atoms with Crippen LogP contribution in [0.1, 0.15) is 24.8 Å². The Morgan fingerprint density at radius 3 is 2.71 bits per heavy atom. The molecule has 1 aromatic rings. The number of nitrogens with zero attached hydrogens (tertiary/aromatic N) is 2. The summed E-state index contributed by atoms with van der Waals surface area (Å²) < 4.78 is 12.9. The van der Waals surface area contributed by atoms with Crippen molar-refractivity contribution in [3.63, 3.8) is 0 Å². The Bertz CT molecular complexity index is 347. The lowest BCUT2D eigenvalue weighted by Gasteiger charge is -2.20. The molecule has 0 atom stereocenters. The van der Waals surface area contributed by atoms with Crippen molar-refractivity contribution in [1.29, 1.82) is 0 Å². The van der Waals surface area contributed by atoms with E-state index < -0.39 is 5.82 Å². The fourth-order valence-corrected chi connectivity index (χ4v) is 1.68. The third-order valence-electron chi connectivity index (χ3n) is 2.59. The molecule has 17 heavy (non-hydrogen) atoms. The summed E-state index contributed by atoms with van der Waals surface area (Å²) in [5.41, 5.74) is 0.495. The molecule has 0 aliphatic rings. The molecule has 0 aliphatic heterocycles. The first-order valence-electron chi connectivity index (χ1n) is 5.76. The number of halogens is 1.